The largest absolute Gasteiger partial charge is 0.378 e. The second-order valence-corrected chi connectivity index (χ2v) is 16.1. The molecule has 0 unspecified atom stereocenters. The fraction of sp³-hybridized carbons (Fsp3) is 0.467. The SMILES string of the molecule is CC(C)N(C)c1cc(Cl)cc(Cl)c1.CC(C)N(C)c1ccc(Cl)cc1.Cc1cc(N2CCOCC2)ccc1C(C)C.Cc1ccc(C(C)C)c(C)c1. The van der Waals surface area contributed by atoms with Gasteiger partial charge in [-0.15, -0.1) is 0 Å². The number of morpholine rings is 1. The molecule has 0 bridgehead atoms. The van der Waals surface area contributed by atoms with Crippen molar-refractivity contribution in [2.45, 2.75) is 100 Å². The maximum Gasteiger partial charge on any atom is 0.0642 e. The molecule has 0 N–H and O–H groups in total. The van der Waals surface area contributed by atoms with Gasteiger partial charge >= 0.3 is 0 Å². The van der Waals surface area contributed by atoms with E-state index in [0.29, 0.717) is 34.0 Å². The summed E-state index contributed by atoms with van der Waals surface area (Å²) >= 11 is 17.6. The predicted molar refractivity (Wildman–Crippen MR) is 233 cm³/mol. The van der Waals surface area contributed by atoms with Gasteiger partial charge in [-0.05, 0) is 137 Å². The smallest absolute Gasteiger partial charge is 0.0642 e. The molecule has 0 amide bonds. The summed E-state index contributed by atoms with van der Waals surface area (Å²) in [6.45, 7) is 27.8. The van der Waals surface area contributed by atoms with E-state index in [1.807, 2.05) is 43.4 Å². The van der Waals surface area contributed by atoms with Crippen LogP contribution in [-0.4, -0.2) is 52.5 Å². The number of hydrogen-bond acceptors (Lipinski definition) is 4. The molecular formula is C45H64Cl3N3O. The molecule has 0 spiro atoms. The van der Waals surface area contributed by atoms with Crippen molar-refractivity contribution in [3.8, 4) is 0 Å². The third-order valence-electron chi connectivity index (χ3n) is 9.34. The molecule has 1 heterocycles. The van der Waals surface area contributed by atoms with Crippen LogP contribution in [0.3, 0.4) is 0 Å². The Morgan fingerprint density at radius 3 is 1.44 bits per heavy atom. The zero-order valence-electron chi connectivity index (χ0n) is 34.0. The molecule has 0 saturated carbocycles. The summed E-state index contributed by atoms with van der Waals surface area (Å²) in [4.78, 5) is 6.73. The third-order valence-corrected chi connectivity index (χ3v) is 10.0. The number of hydrogen-bond donors (Lipinski definition) is 0. The fourth-order valence-corrected chi connectivity index (χ4v) is 6.46. The number of ether oxygens (including phenoxy) is 1. The van der Waals surface area contributed by atoms with E-state index in [-0.39, 0.29) is 0 Å². The zero-order chi connectivity index (χ0) is 39.1. The summed E-state index contributed by atoms with van der Waals surface area (Å²) in [5, 5.41) is 2.14. The quantitative estimate of drug-likeness (QED) is 0.186. The summed E-state index contributed by atoms with van der Waals surface area (Å²) < 4.78 is 5.37. The average molecular weight is 769 g/mol. The van der Waals surface area contributed by atoms with E-state index in [1.54, 1.807) is 6.07 Å². The molecule has 1 fully saturated rings. The summed E-state index contributed by atoms with van der Waals surface area (Å²) in [6.07, 6.45) is 0. The first-order valence-corrected chi connectivity index (χ1v) is 19.7. The van der Waals surface area contributed by atoms with Crippen LogP contribution in [0.4, 0.5) is 17.1 Å². The Balaban J connectivity index is 0.000000243. The first-order valence-electron chi connectivity index (χ1n) is 18.6. The normalized spacial score (nSPS) is 12.5. The lowest BCUT2D eigenvalue weighted by molar-refractivity contribution is 0.122. The van der Waals surface area contributed by atoms with E-state index < -0.39 is 0 Å². The highest BCUT2D eigenvalue weighted by Crippen LogP contribution is 2.27. The summed E-state index contributed by atoms with van der Waals surface area (Å²) in [5.74, 6) is 1.26. The molecule has 0 aliphatic carbocycles. The van der Waals surface area contributed by atoms with Gasteiger partial charge < -0.3 is 19.4 Å². The molecule has 5 rings (SSSR count). The van der Waals surface area contributed by atoms with Gasteiger partial charge in [-0.1, -0.05) is 92.3 Å². The van der Waals surface area contributed by atoms with Gasteiger partial charge in [0.05, 0.1) is 13.2 Å². The number of rotatable bonds is 7. The standard InChI is InChI=1S/C14H21NO.C11H16.C10H13Cl2N.C10H14ClN/c1-11(2)14-5-4-13(10-12(14)3)15-6-8-16-9-7-15;1-8(2)11-6-5-9(3)7-10(11)4;1-7(2)13(3)10-5-8(11)4-9(12)6-10;1-8(2)12(3)10-6-4-9(11)5-7-10/h4-5,10-11H,6-9H2,1-3H3;5-8H,1-4H3;4-7H,1-3H3;4-8H,1-3H3. The van der Waals surface area contributed by atoms with E-state index >= 15 is 0 Å². The Morgan fingerprint density at radius 2 is 1.00 bits per heavy atom. The zero-order valence-corrected chi connectivity index (χ0v) is 36.3. The third kappa shape index (κ3) is 15.2. The molecule has 0 aromatic heterocycles. The first-order chi connectivity index (χ1) is 24.4. The van der Waals surface area contributed by atoms with Crippen LogP contribution < -0.4 is 14.7 Å². The number of benzene rings is 4. The molecule has 4 nitrogen and oxygen atoms in total. The number of aryl methyl sites for hydroxylation is 3. The fourth-order valence-electron chi connectivity index (χ4n) is 5.81. The van der Waals surface area contributed by atoms with Gasteiger partial charge in [0.25, 0.3) is 0 Å². The van der Waals surface area contributed by atoms with Gasteiger partial charge in [0.2, 0.25) is 0 Å². The molecular weight excluding hydrogens is 705 g/mol. The maximum atomic E-state index is 5.89. The van der Waals surface area contributed by atoms with Gasteiger partial charge in [0, 0.05) is 71.4 Å². The highest BCUT2D eigenvalue weighted by atomic mass is 35.5. The van der Waals surface area contributed by atoms with Crippen LogP contribution in [0.15, 0.2) is 78.9 Å². The van der Waals surface area contributed by atoms with Crippen molar-refractivity contribution in [3.05, 3.63) is 122 Å². The van der Waals surface area contributed by atoms with Crippen molar-refractivity contribution < 1.29 is 4.74 Å². The second kappa shape index (κ2) is 22.4. The number of anilines is 3. The van der Waals surface area contributed by atoms with E-state index in [9.17, 15) is 0 Å². The molecule has 0 atom stereocenters. The van der Waals surface area contributed by atoms with Crippen molar-refractivity contribution in [2.75, 3.05) is 55.1 Å². The van der Waals surface area contributed by atoms with E-state index in [2.05, 4.69) is 134 Å². The minimum absolute atomic E-state index is 0.439. The molecule has 4 aromatic carbocycles. The van der Waals surface area contributed by atoms with Crippen LogP contribution in [0.25, 0.3) is 0 Å². The number of halogens is 3. The Bertz CT molecular complexity index is 1610. The molecule has 0 radical (unpaired) electrons. The highest BCUT2D eigenvalue weighted by molar-refractivity contribution is 6.35. The first kappa shape index (κ1) is 45.3. The lowest BCUT2D eigenvalue weighted by Crippen LogP contribution is -2.36. The van der Waals surface area contributed by atoms with Crippen LogP contribution in [0, 0.1) is 20.8 Å². The van der Waals surface area contributed by atoms with Crippen molar-refractivity contribution in [3.63, 3.8) is 0 Å². The molecule has 4 aromatic rings. The molecule has 52 heavy (non-hydrogen) atoms. The molecule has 286 valence electrons. The van der Waals surface area contributed by atoms with Crippen molar-refractivity contribution in [1.29, 1.82) is 0 Å². The minimum atomic E-state index is 0.439. The number of nitrogens with zero attached hydrogens (tertiary/aromatic N) is 3. The second-order valence-electron chi connectivity index (χ2n) is 14.8. The lowest BCUT2D eigenvalue weighted by Gasteiger charge is -2.29. The van der Waals surface area contributed by atoms with Crippen LogP contribution >= 0.6 is 34.8 Å². The van der Waals surface area contributed by atoms with Gasteiger partial charge in [0.15, 0.2) is 0 Å². The molecule has 7 heteroatoms. The Labute approximate surface area is 332 Å². The topological polar surface area (TPSA) is 19.0 Å². The summed E-state index contributed by atoms with van der Waals surface area (Å²) in [5.41, 5.74) is 10.7. The Hall–Kier alpha value is -2.89. The van der Waals surface area contributed by atoms with E-state index in [1.165, 1.54) is 39.2 Å². The Kier molecular flexibility index (Phi) is 19.5. The molecule has 1 aliphatic rings. The van der Waals surface area contributed by atoms with Crippen LogP contribution in [-0.2, 0) is 4.74 Å². The van der Waals surface area contributed by atoms with Crippen LogP contribution in [0.2, 0.25) is 15.1 Å². The minimum Gasteiger partial charge on any atom is -0.378 e. The van der Waals surface area contributed by atoms with Gasteiger partial charge in [0.1, 0.15) is 0 Å². The molecule has 1 aliphatic heterocycles. The monoisotopic (exact) mass is 767 g/mol. The van der Waals surface area contributed by atoms with Crippen molar-refractivity contribution >= 4 is 51.9 Å². The lowest BCUT2D eigenvalue weighted by atomic mass is 9.97. The van der Waals surface area contributed by atoms with Crippen molar-refractivity contribution in [2.24, 2.45) is 0 Å². The van der Waals surface area contributed by atoms with Gasteiger partial charge in [-0.25, -0.2) is 0 Å². The van der Waals surface area contributed by atoms with Crippen molar-refractivity contribution in [1.82, 2.24) is 0 Å². The van der Waals surface area contributed by atoms with Crippen LogP contribution in [0.1, 0.15) is 95.0 Å². The Morgan fingerprint density at radius 1 is 0.538 bits per heavy atom. The van der Waals surface area contributed by atoms with E-state index in [0.717, 1.165) is 37.0 Å². The maximum absolute atomic E-state index is 5.89. The molecule has 1 saturated heterocycles. The van der Waals surface area contributed by atoms with Crippen LogP contribution in [0.5, 0.6) is 0 Å². The van der Waals surface area contributed by atoms with E-state index in [4.69, 9.17) is 39.5 Å². The highest BCUT2D eigenvalue weighted by Gasteiger charge is 2.13. The van der Waals surface area contributed by atoms with Gasteiger partial charge in [-0.2, -0.15) is 0 Å². The summed E-state index contributed by atoms with van der Waals surface area (Å²) in [7, 11) is 4.10. The predicted octanol–water partition coefficient (Wildman–Crippen LogP) is 13.4. The van der Waals surface area contributed by atoms with Gasteiger partial charge in [-0.3, -0.25) is 0 Å². The average Bonchev–Trinajstić information content (AvgIpc) is 3.08. The summed E-state index contributed by atoms with van der Waals surface area (Å²) in [6, 6.07) is 27.9.